The van der Waals surface area contributed by atoms with E-state index in [0.29, 0.717) is 25.1 Å². The maximum atomic E-state index is 14.2. The molecule has 0 aliphatic carbocycles. The minimum Gasteiger partial charge on any atom is -0.349 e. The van der Waals surface area contributed by atoms with Crippen LogP contribution in [-0.2, 0) is 19.6 Å². The zero-order chi connectivity index (χ0) is 28.0. The summed E-state index contributed by atoms with van der Waals surface area (Å²) in [6, 6.07) is 1.20. The summed E-state index contributed by atoms with van der Waals surface area (Å²) < 4.78 is 55.5. The lowest BCUT2D eigenvalue weighted by Crippen LogP contribution is -2.57. The first-order valence-electron chi connectivity index (χ1n) is 13.4. The van der Waals surface area contributed by atoms with Crippen molar-refractivity contribution >= 4 is 21.8 Å². The molecule has 9 nitrogen and oxygen atoms in total. The number of carbonyl (C=O) groups is 2. The fraction of sp³-hybridized carbons (Fsp3) is 0.692. The molecule has 0 bridgehead atoms. The molecule has 3 rings (SSSR count). The molecular formula is C26H41F2N5O4S. The third-order valence-electron chi connectivity index (χ3n) is 7.23. The standard InChI is InChI=1S/C26H41F2N5O4S/c1-16(2)10-12-38(36,37)32-22(14-24(34)33-11-6-5-7-17(33)3)26(35)30-18(4)25-29-15-23(31-25)20-9-8-19(27)13-21(20)28/h8-9,13,16-18,22-23,25,29,31-32H,5-7,10-12,14-15H2,1-4H3,(H,30,35)/t17-,18-,22-,23?,25?/m0/s1. The molecule has 0 spiro atoms. The number of halogens is 2. The largest absolute Gasteiger partial charge is 0.349 e. The molecule has 5 atom stereocenters. The molecule has 2 unspecified atom stereocenters. The van der Waals surface area contributed by atoms with E-state index in [4.69, 9.17) is 0 Å². The molecule has 1 aromatic rings. The van der Waals surface area contributed by atoms with Gasteiger partial charge in [0.2, 0.25) is 21.8 Å². The highest BCUT2D eigenvalue weighted by Gasteiger charge is 2.35. The highest BCUT2D eigenvalue weighted by molar-refractivity contribution is 7.89. The van der Waals surface area contributed by atoms with E-state index in [2.05, 4.69) is 20.7 Å². The average molecular weight is 558 g/mol. The fourth-order valence-corrected chi connectivity index (χ4v) is 6.43. The monoisotopic (exact) mass is 557 g/mol. The van der Waals surface area contributed by atoms with Crippen molar-refractivity contribution in [1.29, 1.82) is 0 Å². The number of nitrogens with one attached hydrogen (secondary N) is 4. The number of rotatable bonds is 11. The molecule has 2 heterocycles. The Morgan fingerprint density at radius 3 is 2.58 bits per heavy atom. The van der Waals surface area contributed by atoms with Crippen LogP contribution in [0.15, 0.2) is 18.2 Å². The summed E-state index contributed by atoms with van der Waals surface area (Å²) >= 11 is 0. The number of hydrogen-bond acceptors (Lipinski definition) is 6. The molecular weight excluding hydrogens is 516 g/mol. The van der Waals surface area contributed by atoms with Crippen LogP contribution in [0.1, 0.15) is 71.4 Å². The molecule has 12 heteroatoms. The molecule has 0 saturated carbocycles. The highest BCUT2D eigenvalue weighted by Crippen LogP contribution is 2.22. The topological polar surface area (TPSA) is 120 Å². The van der Waals surface area contributed by atoms with E-state index in [0.717, 1.165) is 25.3 Å². The van der Waals surface area contributed by atoms with E-state index >= 15 is 0 Å². The molecule has 2 amide bonds. The van der Waals surface area contributed by atoms with Crippen LogP contribution in [-0.4, -0.2) is 68.3 Å². The zero-order valence-corrected chi connectivity index (χ0v) is 23.4. The third kappa shape index (κ3) is 8.42. The van der Waals surface area contributed by atoms with Gasteiger partial charge in [0.05, 0.1) is 24.4 Å². The van der Waals surface area contributed by atoms with Crippen molar-refractivity contribution in [3.8, 4) is 0 Å². The zero-order valence-electron chi connectivity index (χ0n) is 22.6. The molecule has 0 radical (unpaired) electrons. The first-order chi connectivity index (χ1) is 17.9. The van der Waals surface area contributed by atoms with Crippen LogP contribution in [0.4, 0.5) is 8.78 Å². The second-order valence-electron chi connectivity index (χ2n) is 10.9. The lowest BCUT2D eigenvalue weighted by Gasteiger charge is -2.34. The van der Waals surface area contributed by atoms with E-state index in [1.54, 1.807) is 11.8 Å². The number of nitrogens with zero attached hydrogens (tertiary/aromatic N) is 1. The molecule has 2 aliphatic heterocycles. The number of sulfonamides is 1. The highest BCUT2D eigenvalue weighted by atomic mass is 32.2. The van der Waals surface area contributed by atoms with E-state index < -0.39 is 51.9 Å². The number of benzene rings is 1. The fourth-order valence-electron chi connectivity index (χ4n) is 4.91. The van der Waals surface area contributed by atoms with Crippen molar-refractivity contribution < 1.29 is 26.8 Å². The minimum absolute atomic E-state index is 0.0344. The van der Waals surface area contributed by atoms with Crippen molar-refractivity contribution in [3.63, 3.8) is 0 Å². The summed E-state index contributed by atoms with van der Waals surface area (Å²) in [7, 11) is -3.80. The van der Waals surface area contributed by atoms with E-state index in [1.165, 1.54) is 12.1 Å². The SMILES string of the molecule is CC(C)CCS(=O)(=O)N[C@@H](CC(=O)N1CCCC[C@@H]1C)C(=O)N[C@@H](C)C1NCC(c2ccc(F)cc2F)N1. The van der Waals surface area contributed by atoms with Crippen LogP contribution < -0.4 is 20.7 Å². The number of carbonyl (C=O) groups excluding carboxylic acids is 2. The second-order valence-corrected chi connectivity index (χ2v) is 12.7. The minimum atomic E-state index is -3.80. The van der Waals surface area contributed by atoms with Gasteiger partial charge in [0, 0.05) is 36.8 Å². The summed E-state index contributed by atoms with van der Waals surface area (Å²) in [5.74, 6) is -2.18. The van der Waals surface area contributed by atoms with E-state index in [-0.39, 0.29) is 30.0 Å². The lowest BCUT2D eigenvalue weighted by molar-refractivity contribution is -0.137. The summed E-state index contributed by atoms with van der Waals surface area (Å²) in [4.78, 5) is 28.1. The predicted octanol–water partition coefficient (Wildman–Crippen LogP) is 2.15. The summed E-state index contributed by atoms with van der Waals surface area (Å²) in [5.41, 5.74) is 0.303. The van der Waals surface area contributed by atoms with Gasteiger partial charge in [0.15, 0.2) is 0 Å². The van der Waals surface area contributed by atoms with Gasteiger partial charge in [0.25, 0.3) is 0 Å². The van der Waals surface area contributed by atoms with Crippen molar-refractivity contribution in [2.75, 3.05) is 18.8 Å². The van der Waals surface area contributed by atoms with Gasteiger partial charge in [-0.05, 0) is 51.5 Å². The van der Waals surface area contributed by atoms with Crippen molar-refractivity contribution in [3.05, 3.63) is 35.4 Å². The molecule has 2 aliphatic rings. The summed E-state index contributed by atoms with van der Waals surface area (Å²) in [6.45, 7) is 8.44. The van der Waals surface area contributed by atoms with Crippen LogP contribution in [0.25, 0.3) is 0 Å². The predicted molar refractivity (Wildman–Crippen MR) is 141 cm³/mol. The van der Waals surface area contributed by atoms with E-state index in [1.807, 2.05) is 20.8 Å². The molecule has 38 heavy (non-hydrogen) atoms. The average Bonchev–Trinajstić information content (AvgIpc) is 3.32. The first kappa shape index (κ1) is 30.4. The van der Waals surface area contributed by atoms with Gasteiger partial charge < -0.3 is 10.2 Å². The van der Waals surface area contributed by atoms with Crippen LogP contribution in [0.5, 0.6) is 0 Å². The number of amides is 2. The van der Waals surface area contributed by atoms with Gasteiger partial charge in [0.1, 0.15) is 17.7 Å². The molecule has 1 aromatic carbocycles. The van der Waals surface area contributed by atoms with Crippen molar-refractivity contribution in [2.45, 2.75) is 90.1 Å². The molecule has 0 aromatic heterocycles. The summed E-state index contributed by atoms with van der Waals surface area (Å²) in [6.07, 6.45) is 2.46. The summed E-state index contributed by atoms with van der Waals surface area (Å²) in [5, 5.41) is 9.17. The molecule has 4 N–H and O–H groups in total. The molecule has 2 fully saturated rings. The Kier molecular flexibility index (Phi) is 10.6. The smallest absolute Gasteiger partial charge is 0.239 e. The van der Waals surface area contributed by atoms with Crippen LogP contribution in [0, 0.1) is 17.6 Å². The van der Waals surface area contributed by atoms with Crippen LogP contribution in [0.3, 0.4) is 0 Å². The van der Waals surface area contributed by atoms with Gasteiger partial charge >= 0.3 is 0 Å². The number of likely N-dealkylation sites (tertiary alicyclic amines) is 1. The van der Waals surface area contributed by atoms with Gasteiger partial charge in [-0.15, -0.1) is 0 Å². The Bertz CT molecular complexity index is 1090. The number of hydrogen-bond donors (Lipinski definition) is 4. The maximum absolute atomic E-state index is 14.2. The van der Waals surface area contributed by atoms with Gasteiger partial charge in [-0.2, -0.15) is 0 Å². The Labute approximate surface area is 224 Å². The van der Waals surface area contributed by atoms with Crippen LogP contribution >= 0.6 is 0 Å². The lowest BCUT2D eigenvalue weighted by atomic mass is 10.0. The number of piperidine rings is 1. The van der Waals surface area contributed by atoms with Gasteiger partial charge in [-0.1, -0.05) is 19.9 Å². The Hall–Kier alpha value is -2.15. The Balaban J connectivity index is 1.67. The van der Waals surface area contributed by atoms with Gasteiger partial charge in [-0.25, -0.2) is 21.9 Å². The van der Waals surface area contributed by atoms with Gasteiger partial charge in [-0.3, -0.25) is 20.2 Å². The Morgan fingerprint density at radius 2 is 1.92 bits per heavy atom. The Morgan fingerprint density at radius 1 is 1.18 bits per heavy atom. The second kappa shape index (κ2) is 13.3. The van der Waals surface area contributed by atoms with Crippen molar-refractivity contribution in [2.24, 2.45) is 5.92 Å². The quantitative estimate of drug-likeness (QED) is 0.331. The third-order valence-corrected chi connectivity index (χ3v) is 8.65. The van der Waals surface area contributed by atoms with Crippen molar-refractivity contribution in [1.82, 2.24) is 25.6 Å². The first-order valence-corrected chi connectivity index (χ1v) is 15.1. The van der Waals surface area contributed by atoms with Crippen LogP contribution in [0.2, 0.25) is 0 Å². The normalized spacial score (nSPS) is 23.9. The molecule has 2 saturated heterocycles. The molecule has 214 valence electrons. The van der Waals surface area contributed by atoms with E-state index in [9.17, 15) is 26.8 Å². The maximum Gasteiger partial charge on any atom is 0.239 e.